The number of carboxylic acid groups (broad SMARTS) is 1. The molecule has 19 heavy (non-hydrogen) atoms. The van der Waals surface area contributed by atoms with Crippen molar-refractivity contribution in [3.05, 3.63) is 23.8 Å². The van der Waals surface area contributed by atoms with Gasteiger partial charge in [0.15, 0.2) is 0 Å². The van der Waals surface area contributed by atoms with E-state index in [0.717, 1.165) is 5.56 Å². The van der Waals surface area contributed by atoms with Gasteiger partial charge in [-0.15, -0.1) is 0 Å². The summed E-state index contributed by atoms with van der Waals surface area (Å²) in [6.45, 7) is 6.16. The van der Waals surface area contributed by atoms with Gasteiger partial charge < -0.3 is 15.2 Å². The quantitative estimate of drug-likeness (QED) is 0.820. The van der Waals surface area contributed by atoms with Crippen LogP contribution in [0.1, 0.15) is 32.8 Å². The zero-order valence-electron chi connectivity index (χ0n) is 11.6. The number of amides is 1. The Kier molecular flexibility index (Phi) is 4.53. The van der Waals surface area contributed by atoms with Gasteiger partial charge in [0.05, 0.1) is 12.8 Å². The molecule has 0 aliphatic carbocycles. The highest BCUT2D eigenvalue weighted by Crippen LogP contribution is 2.31. The topological polar surface area (TPSA) is 75.6 Å². The monoisotopic (exact) mass is 265 g/mol. The van der Waals surface area contributed by atoms with Gasteiger partial charge in [-0.25, -0.2) is 0 Å². The highest BCUT2D eigenvalue weighted by molar-refractivity contribution is 6.02. The third-order valence-electron chi connectivity index (χ3n) is 2.65. The molecule has 5 heteroatoms. The minimum Gasteiger partial charge on any atom is -0.495 e. The molecule has 1 aromatic rings. The summed E-state index contributed by atoms with van der Waals surface area (Å²) in [6, 6.07) is 5.49. The van der Waals surface area contributed by atoms with Crippen LogP contribution in [0.15, 0.2) is 18.2 Å². The molecule has 0 saturated carbocycles. The van der Waals surface area contributed by atoms with Crippen LogP contribution in [0, 0.1) is 0 Å². The second-order valence-electron chi connectivity index (χ2n) is 5.28. The number of benzene rings is 1. The molecule has 0 heterocycles. The maximum Gasteiger partial charge on any atom is 0.312 e. The van der Waals surface area contributed by atoms with E-state index in [1.54, 1.807) is 12.1 Å². The molecule has 0 bridgehead atoms. The summed E-state index contributed by atoms with van der Waals surface area (Å²) in [5, 5.41) is 11.1. The first kappa shape index (κ1) is 15.0. The molecule has 1 amide bonds. The molecule has 0 saturated heterocycles. The van der Waals surface area contributed by atoms with Gasteiger partial charge in [-0.05, 0) is 23.1 Å². The second kappa shape index (κ2) is 5.73. The van der Waals surface area contributed by atoms with Gasteiger partial charge in [-0.3, -0.25) is 9.59 Å². The molecule has 0 radical (unpaired) electrons. The predicted octanol–water partition coefficient (Wildman–Crippen LogP) is 2.41. The summed E-state index contributed by atoms with van der Waals surface area (Å²) in [7, 11) is 1.50. The molecule has 0 aliphatic rings. The molecule has 0 aromatic heterocycles. The fourth-order valence-electron chi connectivity index (χ4n) is 1.60. The number of carbonyl (C=O) groups is 2. The van der Waals surface area contributed by atoms with Crippen molar-refractivity contribution in [2.45, 2.75) is 32.6 Å². The lowest BCUT2D eigenvalue weighted by molar-refractivity contribution is -0.139. The average molecular weight is 265 g/mol. The molecule has 5 nitrogen and oxygen atoms in total. The Bertz CT molecular complexity index is 489. The van der Waals surface area contributed by atoms with E-state index >= 15 is 0 Å². The van der Waals surface area contributed by atoms with Crippen molar-refractivity contribution in [2.75, 3.05) is 12.4 Å². The number of hydrogen-bond donors (Lipinski definition) is 2. The van der Waals surface area contributed by atoms with Crippen LogP contribution in [0.3, 0.4) is 0 Å². The summed E-state index contributed by atoms with van der Waals surface area (Å²) < 4.78 is 5.16. The number of rotatable bonds is 4. The number of carboxylic acids is 1. The van der Waals surface area contributed by atoms with Crippen LogP contribution in [-0.4, -0.2) is 24.1 Å². The molecule has 0 aliphatic heterocycles. The highest BCUT2D eigenvalue weighted by atomic mass is 16.5. The number of anilines is 1. The summed E-state index contributed by atoms with van der Waals surface area (Å²) >= 11 is 0. The normalized spacial score (nSPS) is 10.9. The Morgan fingerprint density at radius 1 is 1.32 bits per heavy atom. The summed E-state index contributed by atoms with van der Waals surface area (Å²) in [5.74, 6) is -1.23. The average Bonchev–Trinajstić information content (AvgIpc) is 2.26. The van der Waals surface area contributed by atoms with Gasteiger partial charge >= 0.3 is 5.97 Å². The Hall–Kier alpha value is -2.04. The third-order valence-corrected chi connectivity index (χ3v) is 2.65. The smallest absolute Gasteiger partial charge is 0.312 e. The molecule has 104 valence electrons. The lowest BCUT2D eigenvalue weighted by atomic mass is 9.87. The highest BCUT2D eigenvalue weighted by Gasteiger charge is 2.17. The van der Waals surface area contributed by atoms with Gasteiger partial charge in [0.25, 0.3) is 0 Å². The molecular weight excluding hydrogens is 246 g/mol. The number of methoxy groups -OCH3 is 1. The fraction of sp³-hybridized carbons (Fsp3) is 0.429. The van der Waals surface area contributed by atoms with E-state index in [0.29, 0.717) is 11.4 Å². The maximum atomic E-state index is 11.5. The first-order valence-electron chi connectivity index (χ1n) is 5.94. The molecule has 1 aromatic carbocycles. The number of carbonyl (C=O) groups excluding carboxylic acids is 1. The van der Waals surface area contributed by atoms with E-state index in [1.807, 2.05) is 6.07 Å². The standard InChI is InChI=1S/C14H19NO4/c1-14(2,3)9-5-6-11(19-4)10(7-9)15-12(16)8-13(17)18/h5-7H,8H2,1-4H3,(H,15,16)(H,17,18). The Morgan fingerprint density at radius 3 is 2.42 bits per heavy atom. The Morgan fingerprint density at radius 2 is 1.95 bits per heavy atom. The molecule has 2 N–H and O–H groups in total. The number of nitrogens with one attached hydrogen (secondary N) is 1. The predicted molar refractivity (Wildman–Crippen MR) is 72.6 cm³/mol. The van der Waals surface area contributed by atoms with Crippen LogP contribution in [0.2, 0.25) is 0 Å². The van der Waals surface area contributed by atoms with E-state index in [-0.39, 0.29) is 5.41 Å². The van der Waals surface area contributed by atoms with Crippen LogP contribution >= 0.6 is 0 Å². The van der Waals surface area contributed by atoms with E-state index < -0.39 is 18.3 Å². The SMILES string of the molecule is COc1ccc(C(C)(C)C)cc1NC(=O)CC(=O)O. The van der Waals surface area contributed by atoms with Gasteiger partial charge in [0.1, 0.15) is 12.2 Å². The van der Waals surface area contributed by atoms with E-state index in [4.69, 9.17) is 9.84 Å². The van der Waals surface area contributed by atoms with Gasteiger partial charge in [-0.2, -0.15) is 0 Å². The molecule has 0 atom stereocenters. The van der Waals surface area contributed by atoms with E-state index in [1.165, 1.54) is 7.11 Å². The van der Waals surface area contributed by atoms with Crippen molar-refractivity contribution >= 4 is 17.6 Å². The lowest BCUT2D eigenvalue weighted by Crippen LogP contribution is -2.17. The summed E-state index contributed by atoms with van der Waals surface area (Å²) in [6.07, 6.45) is -0.567. The number of ether oxygens (including phenoxy) is 1. The molecule has 0 spiro atoms. The first-order valence-corrected chi connectivity index (χ1v) is 5.94. The zero-order valence-corrected chi connectivity index (χ0v) is 11.6. The summed E-state index contributed by atoms with van der Waals surface area (Å²) in [4.78, 5) is 22.0. The van der Waals surface area contributed by atoms with Crippen LogP contribution < -0.4 is 10.1 Å². The van der Waals surface area contributed by atoms with Crippen LogP contribution in [0.5, 0.6) is 5.75 Å². The minimum absolute atomic E-state index is 0.0709. The van der Waals surface area contributed by atoms with E-state index in [2.05, 4.69) is 26.1 Å². The Labute approximate surface area is 112 Å². The van der Waals surface area contributed by atoms with E-state index in [9.17, 15) is 9.59 Å². The van der Waals surface area contributed by atoms with Crippen molar-refractivity contribution in [2.24, 2.45) is 0 Å². The number of aliphatic carboxylic acids is 1. The van der Waals surface area contributed by atoms with Crippen LogP contribution in [0.4, 0.5) is 5.69 Å². The molecular formula is C14H19NO4. The number of hydrogen-bond acceptors (Lipinski definition) is 3. The minimum atomic E-state index is -1.16. The molecule has 1 rings (SSSR count). The fourth-order valence-corrected chi connectivity index (χ4v) is 1.60. The van der Waals surface area contributed by atoms with Crippen molar-refractivity contribution in [1.82, 2.24) is 0 Å². The molecule has 0 unspecified atom stereocenters. The maximum absolute atomic E-state index is 11.5. The van der Waals surface area contributed by atoms with Crippen molar-refractivity contribution in [3.63, 3.8) is 0 Å². The third kappa shape index (κ3) is 4.28. The first-order chi connectivity index (χ1) is 8.74. The lowest BCUT2D eigenvalue weighted by Gasteiger charge is -2.21. The van der Waals surface area contributed by atoms with Crippen LogP contribution in [-0.2, 0) is 15.0 Å². The Balaban J connectivity index is 3.03. The van der Waals surface area contributed by atoms with Crippen LogP contribution in [0.25, 0.3) is 0 Å². The van der Waals surface area contributed by atoms with Crippen molar-refractivity contribution in [1.29, 1.82) is 0 Å². The molecule has 0 fully saturated rings. The van der Waals surface area contributed by atoms with Gasteiger partial charge in [-0.1, -0.05) is 26.8 Å². The van der Waals surface area contributed by atoms with Crippen molar-refractivity contribution < 1.29 is 19.4 Å². The van der Waals surface area contributed by atoms with Gasteiger partial charge in [0.2, 0.25) is 5.91 Å². The second-order valence-corrected chi connectivity index (χ2v) is 5.28. The van der Waals surface area contributed by atoms with Gasteiger partial charge in [0, 0.05) is 0 Å². The van der Waals surface area contributed by atoms with Crippen molar-refractivity contribution in [3.8, 4) is 5.75 Å². The summed E-state index contributed by atoms with van der Waals surface area (Å²) in [5.41, 5.74) is 1.44. The zero-order chi connectivity index (χ0) is 14.6. The largest absolute Gasteiger partial charge is 0.495 e.